The van der Waals surface area contributed by atoms with Crippen molar-refractivity contribution in [2.45, 2.75) is 19.8 Å². The van der Waals surface area contributed by atoms with Gasteiger partial charge in [0.2, 0.25) is 0 Å². The second-order valence-corrected chi connectivity index (χ2v) is 5.61. The summed E-state index contributed by atoms with van der Waals surface area (Å²) in [7, 11) is 0. The Hall–Kier alpha value is -0.710. The van der Waals surface area contributed by atoms with E-state index in [4.69, 9.17) is 5.73 Å². The molecule has 80 valence electrons. The molecule has 0 radical (unpaired) electrons. The van der Waals surface area contributed by atoms with E-state index in [-0.39, 0.29) is 0 Å². The predicted octanol–water partition coefficient (Wildman–Crippen LogP) is 2.61. The third kappa shape index (κ3) is 2.65. The molecule has 0 unspecified atom stereocenters. The van der Waals surface area contributed by atoms with Crippen molar-refractivity contribution >= 4 is 22.7 Å². The minimum absolute atomic E-state index is 0.710. The van der Waals surface area contributed by atoms with Gasteiger partial charge in [0.05, 0.1) is 10.7 Å². The largest absolute Gasteiger partial charge is 0.330 e. The molecule has 0 spiro atoms. The van der Waals surface area contributed by atoms with Gasteiger partial charge in [-0.15, -0.1) is 22.7 Å². The van der Waals surface area contributed by atoms with Crippen molar-refractivity contribution in [1.82, 2.24) is 4.98 Å². The summed E-state index contributed by atoms with van der Waals surface area (Å²) in [5.41, 5.74) is 6.71. The minimum atomic E-state index is 0.710. The molecule has 0 aromatic carbocycles. The molecule has 2 nitrogen and oxygen atoms in total. The van der Waals surface area contributed by atoms with Crippen LogP contribution in [-0.4, -0.2) is 11.5 Å². The summed E-state index contributed by atoms with van der Waals surface area (Å²) in [6.45, 7) is 2.78. The number of hydrogen-bond donors (Lipinski definition) is 1. The predicted molar refractivity (Wildman–Crippen MR) is 66.7 cm³/mol. The van der Waals surface area contributed by atoms with Gasteiger partial charge in [0, 0.05) is 16.2 Å². The topological polar surface area (TPSA) is 38.9 Å². The summed E-state index contributed by atoms with van der Waals surface area (Å²) >= 11 is 3.59. The summed E-state index contributed by atoms with van der Waals surface area (Å²) in [5, 5.41) is 3.31. The first-order valence-corrected chi connectivity index (χ1v) is 6.67. The number of aryl methyl sites for hydroxylation is 1. The second kappa shape index (κ2) is 4.88. The molecule has 2 heterocycles. The molecule has 4 heteroatoms. The monoisotopic (exact) mass is 238 g/mol. The number of thiazole rings is 1. The lowest BCUT2D eigenvalue weighted by molar-refractivity contribution is 0.967. The Morgan fingerprint density at radius 3 is 3.00 bits per heavy atom. The molecule has 0 aliphatic carbocycles. The maximum Gasteiger partial charge on any atom is 0.0983 e. The molecule has 0 bridgehead atoms. The molecule has 15 heavy (non-hydrogen) atoms. The molecule has 2 aromatic rings. The normalized spacial score (nSPS) is 10.8. The van der Waals surface area contributed by atoms with Crippen LogP contribution in [0.2, 0.25) is 0 Å². The molecule has 0 atom stereocenters. The molecule has 0 amide bonds. The average molecular weight is 238 g/mol. The first-order chi connectivity index (χ1) is 7.29. The van der Waals surface area contributed by atoms with Crippen molar-refractivity contribution in [3.63, 3.8) is 0 Å². The van der Waals surface area contributed by atoms with Crippen molar-refractivity contribution < 1.29 is 0 Å². The average Bonchev–Trinajstić information content (AvgIpc) is 2.79. The number of aromatic nitrogens is 1. The Balaban J connectivity index is 2.12. The quantitative estimate of drug-likeness (QED) is 0.889. The summed E-state index contributed by atoms with van der Waals surface area (Å²) < 4.78 is 0. The highest BCUT2D eigenvalue weighted by Gasteiger charge is 2.07. The maximum atomic E-state index is 5.56. The van der Waals surface area contributed by atoms with Crippen LogP contribution in [-0.2, 0) is 12.8 Å². The molecule has 0 aliphatic heterocycles. The lowest BCUT2D eigenvalue weighted by Crippen LogP contribution is -2.01. The lowest BCUT2D eigenvalue weighted by Gasteiger charge is -1.91. The van der Waals surface area contributed by atoms with Crippen LogP contribution < -0.4 is 5.73 Å². The first-order valence-electron chi connectivity index (χ1n) is 4.97. The standard InChI is InChI=1S/C11H14N2S2/c1-8-10(4-5-12)15-11(13-8)7-9-3-2-6-14-9/h2-3,6H,4-5,7,12H2,1H3. The molecular weight excluding hydrogens is 224 g/mol. The van der Waals surface area contributed by atoms with E-state index in [1.54, 1.807) is 22.7 Å². The van der Waals surface area contributed by atoms with Crippen molar-refractivity contribution in [2.24, 2.45) is 5.73 Å². The molecule has 0 fully saturated rings. The summed E-state index contributed by atoms with van der Waals surface area (Å²) in [6, 6.07) is 4.24. The van der Waals surface area contributed by atoms with Crippen LogP contribution in [0.25, 0.3) is 0 Å². The van der Waals surface area contributed by atoms with Crippen LogP contribution in [0.1, 0.15) is 20.5 Å². The summed E-state index contributed by atoms with van der Waals surface area (Å²) in [4.78, 5) is 7.29. The van der Waals surface area contributed by atoms with Crippen molar-refractivity contribution in [3.05, 3.63) is 38.0 Å². The molecule has 2 N–H and O–H groups in total. The van der Waals surface area contributed by atoms with E-state index in [1.165, 1.54) is 14.8 Å². The third-order valence-electron chi connectivity index (χ3n) is 2.21. The molecule has 0 saturated carbocycles. The maximum absolute atomic E-state index is 5.56. The minimum Gasteiger partial charge on any atom is -0.330 e. The zero-order chi connectivity index (χ0) is 10.7. The Kier molecular flexibility index (Phi) is 3.51. The SMILES string of the molecule is Cc1nc(Cc2cccs2)sc1CCN. The van der Waals surface area contributed by atoms with Gasteiger partial charge in [0.15, 0.2) is 0 Å². The van der Waals surface area contributed by atoms with E-state index in [9.17, 15) is 0 Å². The smallest absolute Gasteiger partial charge is 0.0983 e. The van der Waals surface area contributed by atoms with Crippen LogP contribution in [0.4, 0.5) is 0 Å². The van der Waals surface area contributed by atoms with Gasteiger partial charge in [0.1, 0.15) is 0 Å². The Bertz CT molecular complexity index is 418. The van der Waals surface area contributed by atoms with Crippen molar-refractivity contribution in [2.75, 3.05) is 6.54 Å². The van der Waals surface area contributed by atoms with Crippen molar-refractivity contribution in [3.8, 4) is 0 Å². The van der Waals surface area contributed by atoms with Crippen LogP contribution in [0.15, 0.2) is 17.5 Å². The van der Waals surface area contributed by atoms with Crippen LogP contribution in [0, 0.1) is 6.92 Å². The third-order valence-corrected chi connectivity index (χ3v) is 4.31. The Morgan fingerprint density at radius 2 is 2.33 bits per heavy atom. The van der Waals surface area contributed by atoms with Crippen LogP contribution in [0.3, 0.4) is 0 Å². The molecular formula is C11H14N2S2. The van der Waals surface area contributed by atoms with Gasteiger partial charge in [-0.3, -0.25) is 0 Å². The summed E-state index contributed by atoms with van der Waals surface area (Å²) in [5.74, 6) is 0. The van der Waals surface area contributed by atoms with Gasteiger partial charge in [-0.2, -0.15) is 0 Å². The van der Waals surface area contributed by atoms with E-state index >= 15 is 0 Å². The zero-order valence-corrected chi connectivity index (χ0v) is 10.3. The van der Waals surface area contributed by atoms with E-state index in [1.807, 2.05) is 0 Å². The number of thiophene rings is 1. The van der Waals surface area contributed by atoms with Gasteiger partial charge in [-0.1, -0.05) is 6.07 Å². The molecule has 2 rings (SSSR count). The highest BCUT2D eigenvalue weighted by Crippen LogP contribution is 2.22. The van der Waals surface area contributed by atoms with Crippen LogP contribution >= 0.6 is 22.7 Å². The van der Waals surface area contributed by atoms with E-state index in [2.05, 4.69) is 29.4 Å². The molecule has 0 aliphatic rings. The van der Waals surface area contributed by atoms with Gasteiger partial charge in [-0.25, -0.2) is 4.98 Å². The number of nitrogens with zero attached hydrogens (tertiary/aromatic N) is 1. The number of nitrogens with two attached hydrogens (primary N) is 1. The number of rotatable bonds is 4. The van der Waals surface area contributed by atoms with Crippen LogP contribution in [0.5, 0.6) is 0 Å². The fourth-order valence-corrected chi connectivity index (χ4v) is 3.40. The van der Waals surface area contributed by atoms with E-state index in [0.29, 0.717) is 6.54 Å². The van der Waals surface area contributed by atoms with Gasteiger partial charge >= 0.3 is 0 Å². The van der Waals surface area contributed by atoms with Gasteiger partial charge in [-0.05, 0) is 31.3 Å². The highest BCUT2D eigenvalue weighted by molar-refractivity contribution is 7.12. The van der Waals surface area contributed by atoms with Gasteiger partial charge in [0.25, 0.3) is 0 Å². The summed E-state index contributed by atoms with van der Waals surface area (Å²) in [6.07, 6.45) is 1.92. The van der Waals surface area contributed by atoms with E-state index in [0.717, 1.165) is 18.5 Å². The lowest BCUT2D eigenvalue weighted by atomic mass is 10.3. The first kappa shape index (κ1) is 10.8. The van der Waals surface area contributed by atoms with E-state index < -0.39 is 0 Å². The van der Waals surface area contributed by atoms with Crippen molar-refractivity contribution in [1.29, 1.82) is 0 Å². The molecule has 0 saturated heterocycles. The second-order valence-electron chi connectivity index (χ2n) is 3.41. The fraction of sp³-hybridized carbons (Fsp3) is 0.364. The number of hydrogen-bond acceptors (Lipinski definition) is 4. The Morgan fingerprint density at radius 1 is 1.47 bits per heavy atom. The Labute approximate surface area is 97.8 Å². The molecule has 2 aromatic heterocycles. The fourth-order valence-electron chi connectivity index (χ4n) is 1.49. The zero-order valence-electron chi connectivity index (χ0n) is 8.69. The highest BCUT2D eigenvalue weighted by atomic mass is 32.1. The van der Waals surface area contributed by atoms with Gasteiger partial charge < -0.3 is 5.73 Å².